The van der Waals surface area contributed by atoms with Crippen LogP contribution in [0.4, 0.5) is 0 Å². The number of ether oxygens (including phenoxy) is 4. The second kappa shape index (κ2) is 18.7. The van der Waals surface area contributed by atoms with Crippen LogP contribution in [0.25, 0.3) is 0 Å². The summed E-state index contributed by atoms with van der Waals surface area (Å²) in [5.41, 5.74) is 5.70. The van der Waals surface area contributed by atoms with Crippen LogP contribution >= 0.6 is 0 Å². The third-order valence-corrected chi connectivity index (χ3v) is 16.6. The van der Waals surface area contributed by atoms with Gasteiger partial charge in [0.25, 0.3) is 0 Å². The Hall–Kier alpha value is -8.84. The average molecular weight is 1070 g/mol. The lowest BCUT2D eigenvalue weighted by atomic mass is 9.62. The first-order valence-corrected chi connectivity index (χ1v) is 25.7. The summed E-state index contributed by atoms with van der Waals surface area (Å²) in [6.07, 6.45) is -10.3. The van der Waals surface area contributed by atoms with Gasteiger partial charge in [-0.1, -0.05) is 48.5 Å². The first-order valence-electron chi connectivity index (χ1n) is 25.7. The molecule has 8 aromatic rings. The molecule has 2 aliphatic carbocycles. The number of hydrogen-bond donors (Lipinski definition) is 13. The Balaban J connectivity index is 1.18. The molecule has 79 heavy (non-hydrogen) atoms. The molecule has 0 bridgehead atoms. The van der Waals surface area contributed by atoms with Crippen molar-refractivity contribution in [3.63, 3.8) is 0 Å². The quantitative estimate of drug-likeness (QED) is 0.0688. The van der Waals surface area contributed by atoms with Crippen LogP contribution in [-0.4, -0.2) is 104 Å². The molecule has 1 fully saturated rings. The van der Waals surface area contributed by atoms with Gasteiger partial charge in [-0.05, 0) is 117 Å². The minimum atomic E-state index is -1.85. The number of aromatic hydroxyl groups is 9. The molecule has 0 aromatic heterocycles. The average Bonchev–Trinajstić information content (AvgIpc) is 3.99. The number of phenols is 9. The van der Waals surface area contributed by atoms with E-state index >= 15 is 0 Å². The fourth-order valence-corrected chi connectivity index (χ4v) is 13.3. The summed E-state index contributed by atoms with van der Waals surface area (Å²) in [4.78, 5) is 0. The molecular formula is C62H52O17. The summed E-state index contributed by atoms with van der Waals surface area (Å²) < 4.78 is 26.4. The van der Waals surface area contributed by atoms with E-state index in [0.717, 1.165) is 0 Å². The van der Waals surface area contributed by atoms with Crippen molar-refractivity contribution >= 4 is 0 Å². The van der Waals surface area contributed by atoms with Crippen molar-refractivity contribution in [2.24, 2.45) is 0 Å². The number of rotatable bonds is 8. The molecule has 13 rings (SSSR count). The zero-order valence-corrected chi connectivity index (χ0v) is 41.5. The number of aliphatic hydroxyl groups excluding tert-OH is 4. The van der Waals surface area contributed by atoms with Gasteiger partial charge in [0.2, 0.25) is 6.29 Å². The van der Waals surface area contributed by atoms with Crippen LogP contribution in [0.5, 0.6) is 69.0 Å². The van der Waals surface area contributed by atoms with Crippen molar-refractivity contribution in [3.8, 4) is 69.0 Å². The lowest BCUT2D eigenvalue weighted by Crippen LogP contribution is -2.60. The van der Waals surface area contributed by atoms with E-state index < -0.39 is 85.0 Å². The van der Waals surface area contributed by atoms with Gasteiger partial charge < -0.3 is 85.3 Å². The lowest BCUT2D eigenvalue weighted by molar-refractivity contribution is -0.277. The Kier molecular flexibility index (Phi) is 11.8. The Morgan fingerprint density at radius 2 is 0.759 bits per heavy atom. The number of benzene rings is 8. The maximum atomic E-state index is 12.8. The van der Waals surface area contributed by atoms with Crippen LogP contribution in [0.1, 0.15) is 114 Å². The van der Waals surface area contributed by atoms with Gasteiger partial charge in [0, 0.05) is 70.2 Å². The van der Waals surface area contributed by atoms with Crippen molar-refractivity contribution in [1.29, 1.82) is 0 Å². The van der Waals surface area contributed by atoms with Crippen molar-refractivity contribution in [1.82, 2.24) is 0 Å². The standard InChI is InChI=1S/C62H52O17/c63-25-46-57(73)58(74)59(75)62(79-46)76-37-23-41-52-45(24-37)78-61(29-7-15-33(67)16-8-29)56(52)39-18-35(69)21-43(72)50(39)48(27-3-11-31(65)12-4-27)54(41)53-40-19-36(70)22-44-51(40)55(60(77-44)28-5-13-32(66)14-6-28)38-17-34(68)20-42(71)49(38)47(53)26-1-9-30(64)10-2-26/h1-24,46-48,53-75H,25H2/t46-,47?,48?,53?,54?,55?,56?,57-,58+,59-,60?,61?,62-/m1/s1. The first kappa shape index (κ1) is 49.7. The molecule has 0 spiro atoms. The molecule has 5 aliphatic rings. The van der Waals surface area contributed by atoms with E-state index in [2.05, 4.69) is 0 Å². The monoisotopic (exact) mass is 1070 g/mol. The molecule has 13 N–H and O–H groups in total. The summed E-state index contributed by atoms with van der Waals surface area (Å²) in [6, 6.07) is 37.5. The van der Waals surface area contributed by atoms with E-state index in [0.29, 0.717) is 66.8 Å². The summed E-state index contributed by atoms with van der Waals surface area (Å²) >= 11 is 0. The van der Waals surface area contributed by atoms with E-state index in [1.165, 1.54) is 66.7 Å². The van der Waals surface area contributed by atoms with E-state index in [4.69, 9.17) is 18.9 Å². The van der Waals surface area contributed by atoms with Gasteiger partial charge in [0.1, 0.15) is 106 Å². The van der Waals surface area contributed by atoms with Crippen LogP contribution in [0.2, 0.25) is 0 Å². The van der Waals surface area contributed by atoms with Gasteiger partial charge in [-0.25, -0.2) is 0 Å². The predicted octanol–water partition coefficient (Wildman–Crippen LogP) is 7.91. The molecule has 3 aliphatic heterocycles. The van der Waals surface area contributed by atoms with Gasteiger partial charge in [0.05, 0.1) is 18.4 Å². The molecule has 3 heterocycles. The number of phenolic OH excluding ortho intramolecular Hbond substituents is 9. The Bertz CT molecular complexity index is 3680. The zero-order valence-electron chi connectivity index (χ0n) is 41.5. The lowest BCUT2D eigenvalue weighted by Gasteiger charge is -2.41. The van der Waals surface area contributed by atoms with E-state index in [-0.39, 0.29) is 69.0 Å². The minimum Gasteiger partial charge on any atom is -0.508 e. The highest BCUT2D eigenvalue weighted by Crippen LogP contribution is 2.69. The van der Waals surface area contributed by atoms with Crippen molar-refractivity contribution in [2.45, 2.75) is 78.4 Å². The van der Waals surface area contributed by atoms with Gasteiger partial charge in [0.15, 0.2) is 0 Å². The van der Waals surface area contributed by atoms with Gasteiger partial charge in [-0.15, -0.1) is 0 Å². The first-order chi connectivity index (χ1) is 38.0. The number of aliphatic hydroxyl groups is 4. The Morgan fingerprint density at radius 3 is 1.20 bits per heavy atom. The van der Waals surface area contributed by atoms with E-state index in [9.17, 15) is 66.4 Å². The van der Waals surface area contributed by atoms with Crippen LogP contribution in [0.3, 0.4) is 0 Å². The van der Waals surface area contributed by atoms with Crippen LogP contribution in [-0.2, 0) is 4.74 Å². The van der Waals surface area contributed by atoms with Crippen molar-refractivity contribution in [2.75, 3.05) is 6.61 Å². The van der Waals surface area contributed by atoms with Crippen LogP contribution in [0.15, 0.2) is 146 Å². The topological polar surface area (TPSA) is 300 Å². The summed E-state index contributed by atoms with van der Waals surface area (Å²) in [7, 11) is 0. The number of hydrogen-bond acceptors (Lipinski definition) is 17. The number of fused-ring (bicyclic) bond motifs is 4. The zero-order chi connectivity index (χ0) is 54.9. The summed E-state index contributed by atoms with van der Waals surface area (Å²) in [6.45, 7) is -0.747. The Labute approximate surface area is 450 Å². The van der Waals surface area contributed by atoms with Gasteiger partial charge in [-0.3, -0.25) is 0 Å². The molecule has 8 aromatic carbocycles. The highest BCUT2D eigenvalue weighted by molar-refractivity contribution is 5.71. The maximum Gasteiger partial charge on any atom is 0.229 e. The molecule has 0 saturated carbocycles. The molecule has 8 unspecified atom stereocenters. The second-order valence-electron chi connectivity index (χ2n) is 21.0. The Morgan fingerprint density at radius 1 is 0.367 bits per heavy atom. The third kappa shape index (κ3) is 8.02. The summed E-state index contributed by atoms with van der Waals surface area (Å²) in [5, 5.41) is 147. The SMILES string of the molecule is OC[C@H]1O[C@@H](Oc2cc3c4c(c2)C(C2c5cc(O)cc6c5C(c5cc(O)cc(O)c5C2c2ccc(O)cc2)C(c2ccc(O)cc2)O6)C(c2ccc(O)cc2)c2c(O)cc(O)cc2C4C(c2ccc(O)cc2)O3)[C@H](O)[C@@H](O)[C@@H]1O. The normalized spacial score (nSPS) is 27.0. The van der Waals surface area contributed by atoms with Crippen LogP contribution in [0, 0.1) is 0 Å². The van der Waals surface area contributed by atoms with E-state index in [1.807, 2.05) is 0 Å². The molecule has 0 radical (unpaired) electrons. The maximum absolute atomic E-state index is 12.8. The molecule has 13 atom stereocenters. The van der Waals surface area contributed by atoms with Crippen LogP contribution < -0.4 is 14.2 Å². The largest absolute Gasteiger partial charge is 0.508 e. The fraction of sp³-hybridized carbons (Fsp3) is 0.226. The molecule has 17 nitrogen and oxygen atoms in total. The molecule has 1 saturated heterocycles. The highest BCUT2D eigenvalue weighted by Gasteiger charge is 2.55. The molecule has 17 heteroatoms. The molecular weight excluding hydrogens is 1020 g/mol. The fourth-order valence-electron chi connectivity index (χ4n) is 13.3. The third-order valence-electron chi connectivity index (χ3n) is 16.6. The highest BCUT2D eigenvalue weighted by atomic mass is 16.7. The molecule has 0 amide bonds. The van der Waals surface area contributed by atoms with Gasteiger partial charge in [-0.2, -0.15) is 0 Å². The minimum absolute atomic E-state index is 0.00613. The summed E-state index contributed by atoms with van der Waals surface area (Å²) in [5.74, 6) is -7.14. The van der Waals surface area contributed by atoms with Crippen molar-refractivity contribution < 1.29 is 85.3 Å². The van der Waals surface area contributed by atoms with Gasteiger partial charge >= 0.3 is 0 Å². The smallest absolute Gasteiger partial charge is 0.229 e. The van der Waals surface area contributed by atoms with Crippen molar-refractivity contribution in [3.05, 3.63) is 212 Å². The predicted molar refractivity (Wildman–Crippen MR) is 281 cm³/mol. The molecule has 402 valence electrons. The van der Waals surface area contributed by atoms with E-state index in [1.54, 1.807) is 78.9 Å². The second-order valence-corrected chi connectivity index (χ2v) is 21.0.